The first-order valence-electron chi connectivity index (χ1n) is 7.60. The maximum Gasteiger partial charge on any atom is 0.451 e. The molecule has 2 saturated carbocycles. The molecule has 0 aromatic rings. The molecule has 1 saturated heterocycles. The highest BCUT2D eigenvalue weighted by Gasteiger charge is 2.73. The molecule has 5 unspecified atom stereocenters. The first-order valence-corrected chi connectivity index (χ1v) is 10.5. The van der Waals surface area contributed by atoms with Gasteiger partial charge in [-0.1, -0.05) is 0 Å². The van der Waals surface area contributed by atoms with Crippen LogP contribution in [0.5, 0.6) is 0 Å². The number of rotatable bonds is 5. The fourth-order valence-corrected chi connectivity index (χ4v) is 6.43. The zero-order valence-electron chi connectivity index (χ0n) is 13.5. The number of hydrogen-bond donors (Lipinski definition) is 1. The molecule has 2 bridgehead atoms. The lowest BCUT2D eigenvalue weighted by molar-refractivity contribution is -0.222. The van der Waals surface area contributed by atoms with Crippen molar-refractivity contribution in [3.63, 3.8) is 0 Å². The van der Waals surface area contributed by atoms with Crippen LogP contribution in [-0.2, 0) is 43.5 Å². The maximum atomic E-state index is 13.7. The predicted octanol–water partition coefficient (Wildman–Crippen LogP) is 0.0435. The predicted molar refractivity (Wildman–Crippen MR) is 75.8 cm³/mol. The molecule has 3 aliphatic rings. The molecule has 0 radical (unpaired) electrons. The van der Waals surface area contributed by atoms with Crippen molar-refractivity contribution in [3.8, 4) is 0 Å². The minimum absolute atomic E-state index is 0.00625. The van der Waals surface area contributed by atoms with Gasteiger partial charge >= 0.3 is 33.2 Å². The monoisotopic (exact) mass is 456 g/mol. The quantitative estimate of drug-likeness (QED) is 0.260. The van der Waals surface area contributed by atoms with Gasteiger partial charge in [0.1, 0.15) is 0 Å². The fraction of sp³-hybridized carbons (Fsp3) is 0.833. The summed E-state index contributed by atoms with van der Waals surface area (Å²) < 4.78 is 119. The van der Waals surface area contributed by atoms with Crippen LogP contribution in [0.25, 0.3) is 0 Å². The number of hydrogen-bond acceptors (Lipinski definition) is 9. The van der Waals surface area contributed by atoms with Gasteiger partial charge in [-0.15, -0.1) is 0 Å². The van der Waals surface area contributed by atoms with E-state index < -0.39 is 66.9 Å². The molecule has 28 heavy (non-hydrogen) atoms. The van der Waals surface area contributed by atoms with Gasteiger partial charge in [-0.25, -0.2) is 18.2 Å². The largest absolute Gasteiger partial charge is 0.451 e. The molecular formula is C12H12F4O10S2. The molecule has 0 amide bonds. The van der Waals surface area contributed by atoms with Crippen LogP contribution in [0.15, 0.2) is 0 Å². The van der Waals surface area contributed by atoms with Gasteiger partial charge in [-0.3, -0.25) is 4.55 Å². The Morgan fingerprint density at radius 1 is 1.21 bits per heavy atom. The molecule has 2 aliphatic carbocycles. The van der Waals surface area contributed by atoms with Crippen molar-refractivity contribution in [1.82, 2.24) is 0 Å². The van der Waals surface area contributed by atoms with E-state index in [0.29, 0.717) is 12.8 Å². The summed E-state index contributed by atoms with van der Waals surface area (Å²) in [5.41, 5.74) is 0. The van der Waals surface area contributed by atoms with Gasteiger partial charge in [0.25, 0.3) is 10.1 Å². The fourth-order valence-electron chi connectivity index (χ4n) is 3.90. The lowest BCUT2D eigenvalue weighted by atomic mass is 9.94. The Morgan fingerprint density at radius 2 is 1.82 bits per heavy atom. The summed E-state index contributed by atoms with van der Waals surface area (Å²) in [6.45, 7) is -1.68. The Morgan fingerprint density at radius 3 is 2.32 bits per heavy atom. The van der Waals surface area contributed by atoms with Crippen molar-refractivity contribution >= 4 is 32.2 Å². The molecule has 0 spiro atoms. The average molecular weight is 456 g/mol. The van der Waals surface area contributed by atoms with Crippen molar-refractivity contribution in [2.75, 3.05) is 6.61 Å². The Balaban J connectivity index is 1.69. The first-order chi connectivity index (χ1) is 12.5. The molecule has 3 fully saturated rings. The van der Waals surface area contributed by atoms with E-state index in [-0.39, 0.29) is 12.3 Å². The molecule has 16 heteroatoms. The maximum absolute atomic E-state index is 13.7. The molecule has 5 atom stereocenters. The zero-order valence-corrected chi connectivity index (χ0v) is 15.1. The number of alkyl halides is 4. The van der Waals surface area contributed by atoms with Crippen molar-refractivity contribution < 1.29 is 62.2 Å². The standard InChI is InChI=1S/C12H12F4O10S2/c13-11(12(14,15)16,28(21,22)23)9(18)24-4-8(17)25-10-3-5-1-6(10)7(2-5)27(19,20)26-10/h5-7H,1-4H2,(H,21,22,23). The molecule has 10 nitrogen and oxygen atoms in total. The Bertz CT molecular complexity index is 929. The third kappa shape index (κ3) is 2.96. The molecular weight excluding hydrogens is 444 g/mol. The van der Waals surface area contributed by atoms with Gasteiger partial charge in [-0.05, 0) is 18.8 Å². The van der Waals surface area contributed by atoms with E-state index in [4.69, 9.17) is 13.5 Å². The van der Waals surface area contributed by atoms with Crippen molar-refractivity contribution in [2.45, 2.75) is 41.5 Å². The third-order valence-corrected chi connectivity index (χ3v) is 7.84. The Labute approximate surface area is 155 Å². The van der Waals surface area contributed by atoms with Crippen LogP contribution in [0.2, 0.25) is 0 Å². The van der Waals surface area contributed by atoms with Crippen LogP contribution in [0.3, 0.4) is 0 Å². The number of esters is 2. The second-order valence-corrected chi connectivity index (χ2v) is 9.96. The van der Waals surface area contributed by atoms with E-state index in [9.17, 15) is 44.0 Å². The van der Waals surface area contributed by atoms with Crippen LogP contribution < -0.4 is 0 Å². The number of halogens is 4. The van der Waals surface area contributed by atoms with Gasteiger partial charge in [0, 0.05) is 12.3 Å². The van der Waals surface area contributed by atoms with Gasteiger partial charge in [0.2, 0.25) is 5.79 Å². The first kappa shape index (κ1) is 21.2. The number of carbonyl (C=O) groups is 2. The minimum atomic E-state index is -6.65. The number of ether oxygens (including phenoxy) is 2. The highest BCUT2D eigenvalue weighted by molar-refractivity contribution is 7.88. The topological polar surface area (TPSA) is 150 Å². The molecule has 1 aliphatic heterocycles. The van der Waals surface area contributed by atoms with Crippen LogP contribution in [0.4, 0.5) is 17.6 Å². The summed E-state index contributed by atoms with van der Waals surface area (Å²) >= 11 is 0. The highest BCUT2D eigenvalue weighted by atomic mass is 32.2. The van der Waals surface area contributed by atoms with Crippen LogP contribution in [0.1, 0.15) is 19.3 Å². The molecule has 160 valence electrons. The van der Waals surface area contributed by atoms with Gasteiger partial charge in [-0.2, -0.15) is 30.0 Å². The van der Waals surface area contributed by atoms with E-state index in [0.717, 1.165) is 0 Å². The van der Waals surface area contributed by atoms with Crippen molar-refractivity contribution in [3.05, 3.63) is 0 Å². The summed E-state index contributed by atoms with van der Waals surface area (Å²) in [6, 6.07) is 0. The average Bonchev–Trinajstić information content (AvgIpc) is 3.09. The van der Waals surface area contributed by atoms with E-state index in [1.807, 2.05) is 0 Å². The summed E-state index contributed by atoms with van der Waals surface area (Å²) in [6.07, 6.45) is -5.75. The van der Waals surface area contributed by atoms with Gasteiger partial charge in [0.05, 0.1) is 5.25 Å². The minimum Gasteiger partial charge on any atom is -0.450 e. The molecule has 3 rings (SSSR count). The van der Waals surface area contributed by atoms with Gasteiger partial charge < -0.3 is 9.47 Å². The third-order valence-electron chi connectivity index (χ3n) is 4.96. The summed E-state index contributed by atoms with van der Waals surface area (Å²) in [7, 11) is -10.7. The van der Waals surface area contributed by atoms with Crippen LogP contribution >= 0.6 is 0 Å². The highest BCUT2D eigenvalue weighted by Crippen LogP contribution is 2.60. The second kappa shape index (κ2) is 5.99. The number of carbonyl (C=O) groups excluding carboxylic acids is 2. The zero-order chi connectivity index (χ0) is 21.3. The smallest absolute Gasteiger partial charge is 0.450 e. The van der Waals surface area contributed by atoms with Crippen molar-refractivity contribution in [1.29, 1.82) is 0 Å². The van der Waals surface area contributed by atoms with E-state index in [1.165, 1.54) is 0 Å². The normalized spacial score (nSPS) is 35.4. The van der Waals surface area contributed by atoms with E-state index in [1.54, 1.807) is 0 Å². The van der Waals surface area contributed by atoms with Crippen LogP contribution in [0, 0.1) is 11.8 Å². The molecule has 0 aromatic heterocycles. The summed E-state index contributed by atoms with van der Waals surface area (Å²) in [5, 5.41) is -6.73. The Kier molecular flexibility index (Phi) is 4.54. The molecule has 0 aromatic carbocycles. The second-order valence-electron chi connectivity index (χ2n) is 6.69. The molecule has 1 heterocycles. The van der Waals surface area contributed by atoms with Gasteiger partial charge in [0.15, 0.2) is 6.61 Å². The van der Waals surface area contributed by atoms with E-state index >= 15 is 0 Å². The SMILES string of the molecule is O=C(COC(=O)C(F)(C(F)(F)F)S(=O)(=O)O)OC12CC3CC1C(C3)S(=O)(=O)O2. The van der Waals surface area contributed by atoms with Crippen LogP contribution in [-0.4, -0.2) is 62.1 Å². The summed E-state index contributed by atoms with van der Waals surface area (Å²) in [4.78, 5) is 23.1. The summed E-state index contributed by atoms with van der Waals surface area (Å²) in [5.74, 6) is -7.43. The van der Waals surface area contributed by atoms with E-state index in [2.05, 4.69) is 4.74 Å². The molecule has 1 N–H and O–H groups in total. The lowest BCUT2D eigenvalue weighted by Crippen LogP contribution is -2.55. The lowest BCUT2D eigenvalue weighted by Gasteiger charge is -2.29. The number of fused-ring (bicyclic) bond motifs is 1. The van der Waals surface area contributed by atoms with Crippen molar-refractivity contribution in [2.24, 2.45) is 11.8 Å². The Hall–Kier alpha value is -1.52.